The molecule has 29 heavy (non-hydrogen) atoms. The Morgan fingerprint density at radius 1 is 1.03 bits per heavy atom. The van der Waals surface area contributed by atoms with Crippen LogP contribution in [-0.2, 0) is 10.0 Å². The maximum atomic E-state index is 14.4. The highest BCUT2D eigenvalue weighted by atomic mass is 32.2. The molecule has 6 nitrogen and oxygen atoms in total. The van der Waals surface area contributed by atoms with E-state index in [1.807, 2.05) is 0 Å². The van der Waals surface area contributed by atoms with Crippen molar-refractivity contribution in [2.24, 2.45) is 0 Å². The number of rotatable bonds is 6. The molecule has 2 aromatic rings. The van der Waals surface area contributed by atoms with Gasteiger partial charge < -0.3 is 10.2 Å². The molecule has 1 fully saturated rings. The van der Waals surface area contributed by atoms with Gasteiger partial charge in [0.05, 0.1) is 4.90 Å². The normalized spacial score (nSPS) is 14.4. The fraction of sp³-hybridized carbons (Fsp3) is 0.350. The third-order valence-corrected chi connectivity index (χ3v) is 6.19. The molecule has 0 unspecified atom stereocenters. The van der Waals surface area contributed by atoms with Crippen molar-refractivity contribution in [1.29, 1.82) is 0 Å². The predicted molar refractivity (Wildman–Crippen MR) is 108 cm³/mol. The van der Waals surface area contributed by atoms with Crippen LogP contribution >= 0.6 is 0 Å². The highest BCUT2D eigenvalue weighted by Gasteiger charge is 2.22. The first kappa shape index (κ1) is 21.2. The van der Waals surface area contributed by atoms with Crippen molar-refractivity contribution in [3.8, 4) is 0 Å². The molecule has 0 bridgehead atoms. The molecule has 0 aromatic heterocycles. The van der Waals surface area contributed by atoms with E-state index in [0.717, 1.165) is 25.0 Å². The van der Waals surface area contributed by atoms with E-state index in [2.05, 4.69) is 10.0 Å². The first-order valence-corrected chi connectivity index (χ1v) is 10.8. The number of amides is 1. The molecule has 9 heteroatoms. The summed E-state index contributed by atoms with van der Waals surface area (Å²) in [6, 6.07) is 7.19. The highest BCUT2D eigenvalue weighted by molar-refractivity contribution is 7.89. The maximum Gasteiger partial charge on any atom is 0.255 e. The van der Waals surface area contributed by atoms with Crippen LogP contribution in [-0.4, -0.2) is 33.5 Å². The number of carbonyl (C=O) groups excluding carboxylic acids is 1. The average molecular weight is 423 g/mol. The monoisotopic (exact) mass is 423 g/mol. The van der Waals surface area contributed by atoms with Crippen molar-refractivity contribution in [3.05, 3.63) is 53.6 Å². The number of nitrogens with one attached hydrogen (secondary N) is 2. The van der Waals surface area contributed by atoms with Gasteiger partial charge in [-0.3, -0.25) is 4.79 Å². The number of sulfonamides is 1. The summed E-state index contributed by atoms with van der Waals surface area (Å²) in [7, 11) is -3.67. The fourth-order valence-corrected chi connectivity index (χ4v) is 4.50. The van der Waals surface area contributed by atoms with E-state index >= 15 is 0 Å². The zero-order valence-corrected chi connectivity index (χ0v) is 17.0. The zero-order chi connectivity index (χ0) is 21.2. The standard InChI is InChI=1S/C20H23F2N3O3S/c1-13(2)24-29(27,28)16-7-5-14(6-8-16)20(26)23-15-11-17(21)19(18(22)12-15)25-9-3-4-10-25/h5-8,11-13,24H,3-4,9-10H2,1-2H3,(H,23,26). The molecule has 0 aliphatic carbocycles. The second-order valence-electron chi connectivity index (χ2n) is 7.24. The molecular weight excluding hydrogens is 400 g/mol. The Labute approximate surface area is 169 Å². The first-order valence-electron chi connectivity index (χ1n) is 9.35. The summed E-state index contributed by atoms with van der Waals surface area (Å²) in [5.74, 6) is -2.06. The van der Waals surface area contributed by atoms with Gasteiger partial charge in [0, 0.05) is 30.4 Å². The lowest BCUT2D eigenvalue weighted by molar-refractivity contribution is 0.102. The van der Waals surface area contributed by atoms with Crippen molar-refractivity contribution < 1.29 is 22.0 Å². The van der Waals surface area contributed by atoms with Crippen molar-refractivity contribution in [2.45, 2.75) is 37.6 Å². The third kappa shape index (κ3) is 4.91. The van der Waals surface area contributed by atoms with Crippen LogP contribution < -0.4 is 14.9 Å². The molecule has 3 rings (SSSR count). The summed E-state index contributed by atoms with van der Waals surface area (Å²) >= 11 is 0. The number of halogens is 2. The summed E-state index contributed by atoms with van der Waals surface area (Å²) in [5, 5.41) is 2.45. The van der Waals surface area contributed by atoms with E-state index in [4.69, 9.17) is 0 Å². The molecule has 156 valence electrons. The lowest BCUT2D eigenvalue weighted by Crippen LogP contribution is -2.30. The number of carbonyl (C=O) groups is 1. The number of nitrogens with zero attached hydrogens (tertiary/aromatic N) is 1. The van der Waals surface area contributed by atoms with Gasteiger partial charge in [0.15, 0.2) is 11.6 Å². The number of hydrogen-bond donors (Lipinski definition) is 2. The Morgan fingerprint density at radius 3 is 2.10 bits per heavy atom. The largest absolute Gasteiger partial charge is 0.367 e. The van der Waals surface area contributed by atoms with Crippen LogP contribution in [0.1, 0.15) is 37.0 Å². The van der Waals surface area contributed by atoms with Crippen LogP contribution in [0.15, 0.2) is 41.3 Å². The zero-order valence-electron chi connectivity index (χ0n) is 16.2. The third-order valence-electron chi connectivity index (χ3n) is 4.51. The van der Waals surface area contributed by atoms with Crippen LogP contribution in [0.25, 0.3) is 0 Å². The van der Waals surface area contributed by atoms with E-state index in [1.165, 1.54) is 24.3 Å². The maximum absolute atomic E-state index is 14.4. The Hall–Kier alpha value is -2.52. The first-order chi connectivity index (χ1) is 13.7. The molecule has 0 atom stereocenters. The van der Waals surface area contributed by atoms with Gasteiger partial charge >= 0.3 is 0 Å². The molecule has 2 N–H and O–H groups in total. The topological polar surface area (TPSA) is 78.5 Å². The van der Waals surface area contributed by atoms with Crippen LogP contribution in [0.4, 0.5) is 20.2 Å². The Balaban J connectivity index is 1.75. The predicted octanol–water partition coefficient (Wildman–Crippen LogP) is 3.50. The number of anilines is 2. The molecule has 0 saturated carbocycles. The average Bonchev–Trinajstić information content (AvgIpc) is 3.14. The quantitative estimate of drug-likeness (QED) is 0.745. The van der Waals surface area contributed by atoms with Gasteiger partial charge in [0.25, 0.3) is 5.91 Å². The molecular formula is C20H23F2N3O3S. The lowest BCUT2D eigenvalue weighted by Gasteiger charge is -2.19. The number of benzene rings is 2. The van der Waals surface area contributed by atoms with Crippen molar-refractivity contribution in [3.63, 3.8) is 0 Å². The van der Waals surface area contributed by atoms with Gasteiger partial charge in [-0.05, 0) is 63.1 Å². The molecule has 0 radical (unpaired) electrons. The summed E-state index contributed by atoms with van der Waals surface area (Å²) in [5.41, 5.74) is 0.0803. The van der Waals surface area contributed by atoms with Crippen LogP contribution in [0.2, 0.25) is 0 Å². The van der Waals surface area contributed by atoms with E-state index in [-0.39, 0.29) is 27.9 Å². The molecule has 0 spiro atoms. The SMILES string of the molecule is CC(C)NS(=O)(=O)c1ccc(C(=O)Nc2cc(F)c(N3CCCC3)c(F)c2)cc1. The van der Waals surface area contributed by atoms with Crippen molar-refractivity contribution in [2.75, 3.05) is 23.3 Å². The number of hydrogen-bond acceptors (Lipinski definition) is 4. The molecule has 1 amide bonds. The highest BCUT2D eigenvalue weighted by Crippen LogP contribution is 2.30. The van der Waals surface area contributed by atoms with Gasteiger partial charge in [-0.2, -0.15) is 0 Å². The van der Waals surface area contributed by atoms with Crippen molar-refractivity contribution in [1.82, 2.24) is 4.72 Å². The van der Waals surface area contributed by atoms with Gasteiger partial charge in [-0.25, -0.2) is 21.9 Å². The fourth-order valence-electron chi connectivity index (χ4n) is 3.25. The molecule has 1 aliphatic heterocycles. The van der Waals surface area contributed by atoms with Gasteiger partial charge in [-0.1, -0.05) is 0 Å². The second-order valence-corrected chi connectivity index (χ2v) is 8.95. The van der Waals surface area contributed by atoms with E-state index in [1.54, 1.807) is 18.7 Å². The van der Waals surface area contributed by atoms with E-state index in [0.29, 0.717) is 13.1 Å². The Bertz CT molecular complexity index is 979. The lowest BCUT2D eigenvalue weighted by atomic mass is 10.2. The van der Waals surface area contributed by atoms with Crippen LogP contribution in [0.5, 0.6) is 0 Å². The summed E-state index contributed by atoms with van der Waals surface area (Å²) in [4.78, 5) is 14.1. The molecule has 1 saturated heterocycles. The molecule has 1 aliphatic rings. The van der Waals surface area contributed by atoms with Gasteiger partial charge in [-0.15, -0.1) is 0 Å². The molecule has 2 aromatic carbocycles. The van der Waals surface area contributed by atoms with E-state index < -0.39 is 27.6 Å². The Morgan fingerprint density at radius 2 is 1.59 bits per heavy atom. The van der Waals surface area contributed by atoms with Crippen LogP contribution in [0, 0.1) is 11.6 Å². The molecule has 1 heterocycles. The van der Waals surface area contributed by atoms with E-state index in [9.17, 15) is 22.0 Å². The minimum absolute atomic E-state index is 0.00822. The van der Waals surface area contributed by atoms with Crippen LogP contribution in [0.3, 0.4) is 0 Å². The summed E-state index contributed by atoms with van der Waals surface area (Å²) < 4.78 is 55.5. The second kappa shape index (κ2) is 8.46. The van der Waals surface area contributed by atoms with Gasteiger partial charge in [0.2, 0.25) is 10.0 Å². The Kier molecular flexibility index (Phi) is 6.18. The van der Waals surface area contributed by atoms with Gasteiger partial charge in [0.1, 0.15) is 5.69 Å². The minimum Gasteiger partial charge on any atom is -0.367 e. The summed E-state index contributed by atoms with van der Waals surface area (Å²) in [6.45, 7) is 4.60. The van der Waals surface area contributed by atoms with Crippen molar-refractivity contribution >= 4 is 27.3 Å². The minimum atomic E-state index is -3.67. The summed E-state index contributed by atoms with van der Waals surface area (Å²) in [6.07, 6.45) is 1.77. The smallest absolute Gasteiger partial charge is 0.255 e.